The summed E-state index contributed by atoms with van der Waals surface area (Å²) in [6.45, 7) is 4.00. The summed E-state index contributed by atoms with van der Waals surface area (Å²) in [4.78, 5) is 0. The number of nitrogen functional groups attached to an aromatic ring is 1. The molecule has 0 aliphatic heterocycles. The summed E-state index contributed by atoms with van der Waals surface area (Å²) in [5.74, 6) is 0. The van der Waals surface area contributed by atoms with Gasteiger partial charge in [0.1, 0.15) is 0 Å². The van der Waals surface area contributed by atoms with Gasteiger partial charge in [-0.1, -0.05) is 103 Å². The highest BCUT2D eigenvalue weighted by atomic mass is 79.9. The van der Waals surface area contributed by atoms with Crippen LogP contribution in [0.2, 0.25) is 0 Å². The van der Waals surface area contributed by atoms with Crippen LogP contribution in [0.1, 0.15) is 13.8 Å². The van der Waals surface area contributed by atoms with E-state index in [9.17, 15) is 0 Å². The van der Waals surface area contributed by atoms with Gasteiger partial charge in [0, 0.05) is 21.5 Å². The highest BCUT2D eigenvalue weighted by Crippen LogP contribution is 2.14. The van der Waals surface area contributed by atoms with Crippen molar-refractivity contribution in [2.75, 3.05) is 11.1 Å². The van der Waals surface area contributed by atoms with E-state index in [-0.39, 0.29) is 0 Å². The van der Waals surface area contributed by atoms with Crippen LogP contribution in [0, 0.1) is 0 Å². The Labute approximate surface area is 183 Å². The largest absolute Gasteiger partial charge is 0.399 e. The Morgan fingerprint density at radius 1 is 0.517 bits per heavy atom. The van der Waals surface area contributed by atoms with Crippen molar-refractivity contribution in [3.8, 4) is 0 Å². The van der Waals surface area contributed by atoms with Crippen LogP contribution in [0.5, 0.6) is 0 Å². The zero-order valence-electron chi connectivity index (χ0n) is 17.0. The lowest BCUT2D eigenvalue weighted by Gasteiger charge is -2.04. The van der Waals surface area contributed by atoms with E-state index < -0.39 is 0 Å². The zero-order chi connectivity index (χ0) is 21.2. The van der Waals surface area contributed by atoms with E-state index in [1.54, 1.807) is 0 Å². The van der Waals surface area contributed by atoms with Gasteiger partial charge in [-0.25, -0.2) is 0 Å². The van der Waals surface area contributed by atoms with Gasteiger partial charge in [0.05, 0.1) is 0 Å². The first-order valence-electron chi connectivity index (χ1n) is 9.62. The number of benzene rings is 4. The smallest absolute Gasteiger partial charge is 0.0384 e. The molecule has 0 bridgehead atoms. The predicted octanol–water partition coefficient (Wildman–Crippen LogP) is 8.17. The molecule has 2 nitrogen and oxygen atoms in total. The minimum absolute atomic E-state index is 0.822. The normalized spacial score (nSPS) is 8.66. The van der Waals surface area contributed by atoms with E-state index in [0.717, 1.165) is 21.5 Å². The molecule has 0 aromatic heterocycles. The van der Waals surface area contributed by atoms with Crippen molar-refractivity contribution in [2.45, 2.75) is 13.8 Å². The predicted molar refractivity (Wildman–Crippen MR) is 133 cm³/mol. The Balaban J connectivity index is 0.000000225. The number of anilines is 3. The molecular weight excluding hydrogens is 420 g/mol. The van der Waals surface area contributed by atoms with E-state index >= 15 is 0 Å². The molecule has 0 saturated heterocycles. The molecule has 0 amide bonds. The first-order chi connectivity index (χ1) is 14.2. The Hall–Kier alpha value is -3.04. The fourth-order valence-corrected chi connectivity index (χ4v) is 2.38. The average molecular weight is 449 g/mol. The standard InChI is InChI=1S/C12H11N.C6H5Br.C6H7N.C2H6/c1-3-7-11(8-4-1)13-12-9-5-2-6-10-12;2*7-6-4-2-1-3-5-6;1-2/h1-10,13H;1-5H;1-5H,7H2;1-2H3. The van der Waals surface area contributed by atoms with Gasteiger partial charge in [-0.3, -0.25) is 0 Å². The monoisotopic (exact) mass is 448 g/mol. The molecule has 0 aliphatic rings. The molecule has 0 unspecified atom stereocenters. The molecule has 0 fully saturated rings. The van der Waals surface area contributed by atoms with Crippen molar-refractivity contribution >= 4 is 33.0 Å². The fraction of sp³-hybridized carbons (Fsp3) is 0.0769. The molecule has 4 aromatic rings. The van der Waals surface area contributed by atoms with Gasteiger partial charge < -0.3 is 11.1 Å². The Morgan fingerprint density at radius 3 is 1.07 bits per heavy atom. The molecule has 0 atom stereocenters. The van der Waals surface area contributed by atoms with Crippen LogP contribution in [0.3, 0.4) is 0 Å². The molecule has 4 rings (SSSR count). The fourth-order valence-electron chi connectivity index (χ4n) is 2.08. The quantitative estimate of drug-likeness (QED) is 0.303. The third-order valence-electron chi connectivity index (χ3n) is 3.37. The average Bonchev–Trinajstić information content (AvgIpc) is 2.79. The van der Waals surface area contributed by atoms with Gasteiger partial charge in [0.2, 0.25) is 0 Å². The number of rotatable bonds is 2. The SMILES string of the molecule is Brc1ccccc1.CC.Nc1ccccc1.c1ccc(Nc2ccccc2)cc1. The molecule has 29 heavy (non-hydrogen) atoms. The van der Waals surface area contributed by atoms with Crippen molar-refractivity contribution in [3.63, 3.8) is 0 Å². The maximum Gasteiger partial charge on any atom is 0.0384 e. The van der Waals surface area contributed by atoms with Crippen LogP contribution in [0.25, 0.3) is 0 Å². The highest BCUT2D eigenvalue weighted by molar-refractivity contribution is 9.10. The molecule has 150 valence electrons. The van der Waals surface area contributed by atoms with Crippen molar-refractivity contribution in [1.82, 2.24) is 0 Å². The second-order valence-corrected chi connectivity index (χ2v) is 6.48. The molecule has 0 heterocycles. The topological polar surface area (TPSA) is 38.0 Å². The third-order valence-corrected chi connectivity index (χ3v) is 3.90. The second-order valence-electron chi connectivity index (χ2n) is 5.56. The molecule has 3 heteroatoms. The highest BCUT2D eigenvalue weighted by Gasteiger charge is 1.89. The summed E-state index contributed by atoms with van der Waals surface area (Å²) in [5, 5.41) is 3.30. The van der Waals surface area contributed by atoms with Crippen molar-refractivity contribution in [1.29, 1.82) is 0 Å². The molecule has 3 N–H and O–H groups in total. The zero-order valence-corrected chi connectivity index (χ0v) is 18.6. The number of nitrogens with two attached hydrogens (primary N) is 1. The molecule has 0 radical (unpaired) electrons. The van der Waals surface area contributed by atoms with Crippen LogP contribution in [-0.4, -0.2) is 0 Å². The Bertz CT molecular complexity index is 777. The first kappa shape index (κ1) is 24.0. The van der Waals surface area contributed by atoms with E-state index in [0.29, 0.717) is 0 Å². The van der Waals surface area contributed by atoms with E-state index in [1.165, 1.54) is 0 Å². The molecule has 0 aliphatic carbocycles. The molecule has 4 aromatic carbocycles. The van der Waals surface area contributed by atoms with Gasteiger partial charge in [-0.05, 0) is 48.5 Å². The number of halogens is 1. The van der Waals surface area contributed by atoms with Crippen LogP contribution >= 0.6 is 15.9 Å². The number of para-hydroxylation sites is 3. The summed E-state index contributed by atoms with van der Waals surface area (Å²) in [5.41, 5.74) is 8.42. The lowest BCUT2D eigenvalue weighted by molar-refractivity contribution is 1.50. The van der Waals surface area contributed by atoms with Gasteiger partial charge in [0.25, 0.3) is 0 Å². The minimum Gasteiger partial charge on any atom is -0.399 e. The van der Waals surface area contributed by atoms with Crippen molar-refractivity contribution in [3.05, 3.63) is 126 Å². The van der Waals surface area contributed by atoms with E-state index in [1.807, 2.05) is 135 Å². The van der Waals surface area contributed by atoms with Gasteiger partial charge in [-0.15, -0.1) is 0 Å². The lowest BCUT2D eigenvalue weighted by Crippen LogP contribution is -1.87. The van der Waals surface area contributed by atoms with Gasteiger partial charge >= 0.3 is 0 Å². The maximum atomic E-state index is 5.36. The summed E-state index contributed by atoms with van der Waals surface area (Å²) >= 11 is 3.31. The van der Waals surface area contributed by atoms with Crippen LogP contribution in [0.15, 0.2) is 126 Å². The number of hydrogen-bond acceptors (Lipinski definition) is 2. The second kappa shape index (κ2) is 16.0. The number of hydrogen-bond donors (Lipinski definition) is 2. The third kappa shape index (κ3) is 12.1. The maximum absolute atomic E-state index is 5.36. The van der Waals surface area contributed by atoms with Crippen LogP contribution in [0.4, 0.5) is 17.1 Å². The Morgan fingerprint density at radius 2 is 0.828 bits per heavy atom. The van der Waals surface area contributed by atoms with Crippen molar-refractivity contribution in [2.24, 2.45) is 0 Å². The van der Waals surface area contributed by atoms with Gasteiger partial charge in [-0.2, -0.15) is 0 Å². The van der Waals surface area contributed by atoms with Crippen LogP contribution in [-0.2, 0) is 0 Å². The van der Waals surface area contributed by atoms with E-state index in [2.05, 4.69) is 21.2 Å². The van der Waals surface area contributed by atoms with Gasteiger partial charge in [0.15, 0.2) is 0 Å². The van der Waals surface area contributed by atoms with Crippen LogP contribution < -0.4 is 11.1 Å². The first-order valence-corrected chi connectivity index (χ1v) is 10.4. The number of nitrogens with one attached hydrogen (secondary N) is 1. The lowest BCUT2D eigenvalue weighted by atomic mass is 10.3. The summed E-state index contributed by atoms with van der Waals surface area (Å²) in [7, 11) is 0. The summed E-state index contributed by atoms with van der Waals surface area (Å²) in [6, 6.07) is 39.7. The minimum atomic E-state index is 0.822. The molecular formula is C26H29BrN2. The molecule has 0 spiro atoms. The van der Waals surface area contributed by atoms with E-state index in [4.69, 9.17) is 5.73 Å². The Kier molecular flexibility index (Phi) is 13.2. The molecule has 0 saturated carbocycles. The van der Waals surface area contributed by atoms with Crippen molar-refractivity contribution < 1.29 is 0 Å². The summed E-state index contributed by atoms with van der Waals surface area (Å²) < 4.78 is 1.13. The summed E-state index contributed by atoms with van der Waals surface area (Å²) in [6.07, 6.45) is 0.